The van der Waals surface area contributed by atoms with E-state index >= 15 is 0 Å². The van der Waals surface area contributed by atoms with Gasteiger partial charge in [-0.2, -0.15) is 0 Å². The first-order valence-electron chi connectivity index (χ1n) is 7.77. The molecule has 1 saturated carbocycles. The van der Waals surface area contributed by atoms with Crippen molar-refractivity contribution in [3.63, 3.8) is 0 Å². The Morgan fingerprint density at radius 3 is 2.43 bits per heavy atom. The van der Waals surface area contributed by atoms with E-state index in [1.165, 1.54) is 0 Å². The molecule has 4 nitrogen and oxygen atoms in total. The van der Waals surface area contributed by atoms with Gasteiger partial charge in [0.05, 0.1) is 4.90 Å². The molecule has 3 atom stereocenters. The van der Waals surface area contributed by atoms with Crippen molar-refractivity contribution in [2.45, 2.75) is 44.6 Å². The van der Waals surface area contributed by atoms with E-state index in [9.17, 15) is 8.42 Å². The third kappa shape index (κ3) is 4.53. The highest BCUT2D eigenvalue weighted by Crippen LogP contribution is 2.37. The van der Waals surface area contributed by atoms with Gasteiger partial charge in [0.25, 0.3) is 0 Å². The number of sulfonamides is 1. The van der Waals surface area contributed by atoms with Crippen molar-refractivity contribution in [2.75, 3.05) is 13.1 Å². The molecular weight excluding hydrogens is 284 g/mol. The minimum Gasteiger partial charge on any atom is -0.310 e. The van der Waals surface area contributed by atoms with E-state index in [-0.39, 0.29) is 6.04 Å². The smallest absolute Gasteiger partial charge is 0.240 e. The van der Waals surface area contributed by atoms with Crippen molar-refractivity contribution >= 4 is 10.0 Å². The van der Waals surface area contributed by atoms with E-state index in [1.807, 2.05) is 12.1 Å². The predicted molar refractivity (Wildman–Crippen MR) is 85.6 cm³/mol. The molecule has 2 rings (SSSR count). The topological polar surface area (TPSA) is 58.2 Å². The van der Waals surface area contributed by atoms with Gasteiger partial charge >= 0.3 is 0 Å². The standard InChI is InChI=1S/C16H26N2O2S/c1-4-9-17-13(3)14-5-7-16(8-6-14)21(19,20)18-11-15-10-12(15)2/h5-8,12-13,15,17-18H,4,9-11H2,1-3H3. The summed E-state index contributed by atoms with van der Waals surface area (Å²) in [4.78, 5) is 0.349. The second-order valence-corrected chi connectivity index (χ2v) is 7.84. The third-order valence-corrected chi connectivity index (χ3v) is 5.64. The Balaban J connectivity index is 1.96. The van der Waals surface area contributed by atoms with Gasteiger partial charge in [-0.15, -0.1) is 0 Å². The highest BCUT2D eigenvalue weighted by atomic mass is 32.2. The zero-order valence-electron chi connectivity index (χ0n) is 13.1. The van der Waals surface area contributed by atoms with Gasteiger partial charge < -0.3 is 5.32 Å². The lowest BCUT2D eigenvalue weighted by molar-refractivity contribution is 0.568. The Bertz CT molecular complexity index is 554. The molecule has 0 bridgehead atoms. The number of nitrogens with one attached hydrogen (secondary N) is 2. The first-order valence-corrected chi connectivity index (χ1v) is 9.25. The molecule has 1 aliphatic carbocycles. The lowest BCUT2D eigenvalue weighted by atomic mass is 10.1. The SMILES string of the molecule is CCCNC(C)c1ccc(S(=O)(=O)NCC2CC2C)cc1. The highest BCUT2D eigenvalue weighted by Gasteiger charge is 2.33. The lowest BCUT2D eigenvalue weighted by Crippen LogP contribution is -2.26. The fourth-order valence-electron chi connectivity index (χ4n) is 2.40. The van der Waals surface area contributed by atoms with Gasteiger partial charge in [0.1, 0.15) is 0 Å². The van der Waals surface area contributed by atoms with Gasteiger partial charge in [0.15, 0.2) is 0 Å². The Labute approximate surface area is 128 Å². The van der Waals surface area contributed by atoms with Crippen molar-refractivity contribution in [1.29, 1.82) is 0 Å². The van der Waals surface area contributed by atoms with Gasteiger partial charge in [-0.3, -0.25) is 0 Å². The second-order valence-electron chi connectivity index (χ2n) is 6.07. The Morgan fingerprint density at radius 2 is 1.90 bits per heavy atom. The van der Waals surface area contributed by atoms with Gasteiger partial charge in [-0.05, 0) is 55.8 Å². The molecule has 5 heteroatoms. The molecule has 21 heavy (non-hydrogen) atoms. The second kappa shape index (κ2) is 6.90. The summed E-state index contributed by atoms with van der Waals surface area (Å²) >= 11 is 0. The number of benzene rings is 1. The van der Waals surface area contributed by atoms with Gasteiger partial charge in [0.2, 0.25) is 10.0 Å². The first-order chi connectivity index (χ1) is 9.94. The molecular formula is C16H26N2O2S. The normalized spacial score (nSPS) is 23.0. The molecule has 0 saturated heterocycles. The number of hydrogen-bond acceptors (Lipinski definition) is 3. The number of rotatable bonds is 8. The molecule has 1 aromatic rings. The van der Waals surface area contributed by atoms with Crippen molar-refractivity contribution in [3.8, 4) is 0 Å². The van der Waals surface area contributed by atoms with Gasteiger partial charge in [-0.1, -0.05) is 26.0 Å². The Morgan fingerprint density at radius 1 is 1.29 bits per heavy atom. The van der Waals surface area contributed by atoms with Crippen LogP contribution in [0.3, 0.4) is 0 Å². The van der Waals surface area contributed by atoms with Crippen molar-refractivity contribution in [2.24, 2.45) is 11.8 Å². The van der Waals surface area contributed by atoms with Crippen LogP contribution in [-0.4, -0.2) is 21.5 Å². The zero-order chi connectivity index (χ0) is 15.5. The molecule has 0 aliphatic heterocycles. The summed E-state index contributed by atoms with van der Waals surface area (Å²) in [6, 6.07) is 7.40. The average Bonchev–Trinajstić information content (AvgIpc) is 3.19. The zero-order valence-corrected chi connectivity index (χ0v) is 13.9. The minimum absolute atomic E-state index is 0.238. The minimum atomic E-state index is -3.37. The number of hydrogen-bond donors (Lipinski definition) is 2. The molecule has 0 radical (unpaired) electrons. The quantitative estimate of drug-likeness (QED) is 0.776. The third-order valence-electron chi connectivity index (χ3n) is 4.20. The maximum Gasteiger partial charge on any atom is 0.240 e. The molecule has 0 aromatic heterocycles. The summed E-state index contributed by atoms with van der Waals surface area (Å²) < 4.78 is 27.1. The van der Waals surface area contributed by atoms with E-state index in [1.54, 1.807) is 12.1 Å². The van der Waals surface area contributed by atoms with Crippen LogP contribution in [0.5, 0.6) is 0 Å². The molecule has 2 N–H and O–H groups in total. The van der Waals surface area contributed by atoms with Crippen LogP contribution < -0.4 is 10.0 Å². The van der Waals surface area contributed by atoms with E-state index in [0.29, 0.717) is 23.3 Å². The maximum atomic E-state index is 12.2. The summed E-state index contributed by atoms with van der Waals surface area (Å²) in [6.45, 7) is 7.88. The molecule has 1 aliphatic rings. The van der Waals surface area contributed by atoms with E-state index in [0.717, 1.165) is 24.9 Å². The van der Waals surface area contributed by atoms with E-state index < -0.39 is 10.0 Å². The van der Waals surface area contributed by atoms with Crippen LogP contribution in [0.4, 0.5) is 0 Å². The molecule has 118 valence electrons. The van der Waals surface area contributed by atoms with Crippen molar-refractivity contribution in [1.82, 2.24) is 10.0 Å². The predicted octanol–water partition coefficient (Wildman–Crippen LogP) is 2.68. The maximum absolute atomic E-state index is 12.2. The van der Waals surface area contributed by atoms with Crippen LogP contribution >= 0.6 is 0 Å². The molecule has 0 spiro atoms. The van der Waals surface area contributed by atoms with Crippen LogP contribution in [0.25, 0.3) is 0 Å². The van der Waals surface area contributed by atoms with Gasteiger partial charge in [-0.25, -0.2) is 13.1 Å². The molecule has 0 amide bonds. The molecule has 0 heterocycles. The van der Waals surface area contributed by atoms with Crippen LogP contribution in [0.2, 0.25) is 0 Å². The average molecular weight is 310 g/mol. The Hall–Kier alpha value is -0.910. The summed E-state index contributed by atoms with van der Waals surface area (Å²) in [5, 5.41) is 3.39. The Kier molecular flexibility index (Phi) is 5.41. The highest BCUT2D eigenvalue weighted by molar-refractivity contribution is 7.89. The molecule has 1 fully saturated rings. The molecule has 3 unspecified atom stereocenters. The van der Waals surface area contributed by atoms with Crippen LogP contribution in [0, 0.1) is 11.8 Å². The van der Waals surface area contributed by atoms with Gasteiger partial charge in [0, 0.05) is 12.6 Å². The lowest BCUT2D eigenvalue weighted by Gasteiger charge is -2.14. The van der Waals surface area contributed by atoms with Crippen molar-refractivity contribution in [3.05, 3.63) is 29.8 Å². The first kappa shape index (κ1) is 16.5. The fourth-order valence-corrected chi connectivity index (χ4v) is 3.49. The van der Waals surface area contributed by atoms with Crippen LogP contribution in [-0.2, 0) is 10.0 Å². The largest absolute Gasteiger partial charge is 0.310 e. The van der Waals surface area contributed by atoms with Crippen LogP contribution in [0.1, 0.15) is 45.2 Å². The van der Waals surface area contributed by atoms with E-state index in [2.05, 4.69) is 30.8 Å². The van der Waals surface area contributed by atoms with E-state index in [4.69, 9.17) is 0 Å². The van der Waals surface area contributed by atoms with Crippen molar-refractivity contribution < 1.29 is 8.42 Å². The summed E-state index contributed by atoms with van der Waals surface area (Å²) in [7, 11) is -3.37. The van der Waals surface area contributed by atoms with Crippen LogP contribution in [0.15, 0.2) is 29.2 Å². The summed E-state index contributed by atoms with van der Waals surface area (Å²) in [6.07, 6.45) is 2.21. The molecule has 1 aromatic carbocycles. The summed E-state index contributed by atoms with van der Waals surface area (Å²) in [5.74, 6) is 1.16. The monoisotopic (exact) mass is 310 g/mol. The summed E-state index contributed by atoms with van der Waals surface area (Å²) in [5.41, 5.74) is 1.11. The fraction of sp³-hybridized carbons (Fsp3) is 0.625.